The summed E-state index contributed by atoms with van der Waals surface area (Å²) in [6, 6.07) is 11.0. The van der Waals surface area contributed by atoms with Crippen LogP contribution in [0.4, 0.5) is 0 Å². The maximum atomic E-state index is 3.39. The van der Waals surface area contributed by atoms with Crippen LogP contribution in [-0.4, -0.2) is 37.6 Å². The summed E-state index contributed by atoms with van der Waals surface area (Å²) in [5, 5.41) is 3.39. The van der Waals surface area contributed by atoms with Crippen LogP contribution in [0.1, 0.15) is 44.1 Å². The van der Waals surface area contributed by atoms with Crippen molar-refractivity contribution in [3.05, 3.63) is 35.9 Å². The van der Waals surface area contributed by atoms with Gasteiger partial charge in [0.05, 0.1) is 0 Å². The molecule has 1 aliphatic heterocycles. The van der Waals surface area contributed by atoms with E-state index >= 15 is 0 Å². The highest BCUT2D eigenvalue weighted by atomic mass is 15.1. The van der Waals surface area contributed by atoms with Gasteiger partial charge >= 0.3 is 0 Å². The van der Waals surface area contributed by atoms with Crippen molar-refractivity contribution in [2.75, 3.05) is 32.7 Å². The molecule has 1 aromatic carbocycles. The van der Waals surface area contributed by atoms with E-state index in [1.54, 1.807) is 0 Å². The Kier molecular flexibility index (Phi) is 6.38. The predicted octanol–water partition coefficient (Wildman–Crippen LogP) is 3.26. The molecule has 1 fully saturated rings. The van der Waals surface area contributed by atoms with Crippen molar-refractivity contribution < 1.29 is 0 Å². The molecular weight excluding hydrogens is 232 g/mol. The minimum Gasteiger partial charge on any atom is -0.317 e. The first-order valence-corrected chi connectivity index (χ1v) is 7.88. The van der Waals surface area contributed by atoms with Crippen LogP contribution in [0.25, 0.3) is 0 Å². The molecule has 0 amide bonds. The van der Waals surface area contributed by atoms with Gasteiger partial charge in [-0.3, -0.25) is 0 Å². The molecule has 2 heteroatoms. The van der Waals surface area contributed by atoms with E-state index in [1.807, 2.05) is 0 Å². The standard InChI is InChI=1S/C17H28N2/c1-2-18-12-7-4-8-13-19-14-11-17(15-19)16-9-5-3-6-10-16/h3,5-6,9-10,17-18H,2,4,7-8,11-15H2,1H3. The van der Waals surface area contributed by atoms with E-state index in [4.69, 9.17) is 0 Å². The lowest BCUT2D eigenvalue weighted by Gasteiger charge is -2.16. The summed E-state index contributed by atoms with van der Waals surface area (Å²) in [6.45, 7) is 8.29. The van der Waals surface area contributed by atoms with E-state index in [9.17, 15) is 0 Å². The lowest BCUT2D eigenvalue weighted by Crippen LogP contribution is -2.22. The quantitative estimate of drug-likeness (QED) is 0.722. The van der Waals surface area contributed by atoms with Crippen molar-refractivity contribution in [3.8, 4) is 0 Å². The topological polar surface area (TPSA) is 15.3 Å². The average Bonchev–Trinajstić information content (AvgIpc) is 2.92. The Hall–Kier alpha value is -0.860. The second-order valence-corrected chi connectivity index (χ2v) is 5.61. The van der Waals surface area contributed by atoms with Crippen molar-refractivity contribution in [2.45, 2.75) is 38.5 Å². The zero-order valence-corrected chi connectivity index (χ0v) is 12.3. The highest BCUT2D eigenvalue weighted by molar-refractivity contribution is 5.20. The molecule has 1 saturated heterocycles. The molecule has 0 bridgehead atoms. The number of nitrogens with zero attached hydrogens (tertiary/aromatic N) is 1. The third-order valence-corrected chi connectivity index (χ3v) is 4.12. The molecule has 1 aliphatic rings. The normalized spacial score (nSPS) is 19.9. The molecule has 1 aromatic rings. The predicted molar refractivity (Wildman–Crippen MR) is 82.6 cm³/mol. The Bertz CT molecular complexity index is 336. The van der Waals surface area contributed by atoms with Gasteiger partial charge in [-0.1, -0.05) is 43.7 Å². The van der Waals surface area contributed by atoms with E-state index in [0.717, 1.165) is 12.5 Å². The Morgan fingerprint density at radius 1 is 1.16 bits per heavy atom. The van der Waals surface area contributed by atoms with Gasteiger partial charge in [-0.2, -0.15) is 0 Å². The number of benzene rings is 1. The molecule has 0 saturated carbocycles. The molecule has 2 rings (SSSR count). The largest absolute Gasteiger partial charge is 0.317 e. The molecule has 1 unspecified atom stereocenters. The molecule has 1 heterocycles. The molecule has 106 valence electrons. The smallest absolute Gasteiger partial charge is 0.00507 e. The van der Waals surface area contributed by atoms with Gasteiger partial charge < -0.3 is 10.2 Å². The fourth-order valence-corrected chi connectivity index (χ4v) is 2.97. The van der Waals surface area contributed by atoms with Crippen LogP contribution >= 0.6 is 0 Å². The lowest BCUT2D eigenvalue weighted by molar-refractivity contribution is 0.324. The van der Waals surface area contributed by atoms with Crippen LogP contribution in [0.3, 0.4) is 0 Å². The summed E-state index contributed by atoms with van der Waals surface area (Å²) >= 11 is 0. The first kappa shape index (κ1) is 14.5. The van der Waals surface area contributed by atoms with Gasteiger partial charge in [0.15, 0.2) is 0 Å². The number of hydrogen-bond acceptors (Lipinski definition) is 2. The van der Waals surface area contributed by atoms with E-state index in [0.29, 0.717) is 0 Å². The third-order valence-electron chi connectivity index (χ3n) is 4.12. The molecule has 1 atom stereocenters. The maximum Gasteiger partial charge on any atom is 0.00507 e. The SMILES string of the molecule is CCNCCCCCN1CCC(c2ccccc2)C1. The Labute approximate surface area is 118 Å². The second kappa shape index (κ2) is 8.34. The lowest BCUT2D eigenvalue weighted by atomic mass is 9.99. The Balaban J connectivity index is 1.60. The molecule has 0 aromatic heterocycles. The first-order chi connectivity index (χ1) is 9.40. The highest BCUT2D eigenvalue weighted by Crippen LogP contribution is 2.26. The van der Waals surface area contributed by atoms with Crippen molar-refractivity contribution >= 4 is 0 Å². The molecule has 2 nitrogen and oxygen atoms in total. The summed E-state index contributed by atoms with van der Waals surface area (Å²) in [5.74, 6) is 0.767. The van der Waals surface area contributed by atoms with Crippen LogP contribution in [0.2, 0.25) is 0 Å². The number of nitrogens with one attached hydrogen (secondary N) is 1. The second-order valence-electron chi connectivity index (χ2n) is 5.61. The molecule has 19 heavy (non-hydrogen) atoms. The van der Waals surface area contributed by atoms with Crippen molar-refractivity contribution in [1.82, 2.24) is 10.2 Å². The van der Waals surface area contributed by atoms with Crippen LogP contribution in [0.5, 0.6) is 0 Å². The molecular formula is C17H28N2. The first-order valence-electron chi connectivity index (χ1n) is 7.88. The van der Waals surface area contributed by atoms with Crippen LogP contribution in [-0.2, 0) is 0 Å². The molecule has 1 N–H and O–H groups in total. The van der Waals surface area contributed by atoms with Gasteiger partial charge in [-0.15, -0.1) is 0 Å². The van der Waals surface area contributed by atoms with Gasteiger partial charge in [0, 0.05) is 6.54 Å². The number of unbranched alkanes of at least 4 members (excludes halogenated alkanes) is 2. The van der Waals surface area contributed by atoms with Crippen LogP contribution < -0.4 is 5.32 Å². The highest BCUT2D eigenvalue weighted by Gasteiger charge is 2.22. The van der Waals surface area contributed by atoms with Crippen molar-refractivity contribution in [2.24, 2.45) is 0 Å². The summed E-state index contributed by atoms with van der Waals surface area (Å²) < 4.78 is 0. The van der Waals surface area contributed by atoms with Crippen molar-refractivity contribution in [3.63, 3.8) is 0 Å². The fourth-order valence-electron chi connectivity index (χ4n) is 2.97. The summed E-state index contributed by atoms with van der Waals surface area (Å²) in [5.41, 5.74) is 1.53. The fraction of sp³-hybridized carbons (Fsp3) is 0.647. The number of rotatable bonds is 8. The minimum absolute atomic E-state index is 0.767. The summed E-state index contributed by atoms with van der Waals surface area (Å²) in [6.07, 6.45) is 5.37. The monoisotopic (exact) mass is 260 g/mol. The van der Waals surface area contributed by atoms with Crippen LogP contribution in [0, 0.1) is 0 Å². The minimum atomic E-state index is 0.767. The van der Waals surface area contributed by atoms with Gasteiger partial charge in [0.2, 0.25) is 0 Å². The maximum absolute atomic E-state index is 3.39. The van der Waals surface area contributed by atoms with E-state index < -0.39 is 0 Å². The zero-order valence-electron chi connectivity index (χ0n) is 12.3. The van der Waals surface area contributed by atoms with E-state index in [-0.39, 0.29) is 0 Å². The van der Waals surface area contributed by atoms with E-state index in [2.05, 4.69) is 47.5 Å². The van der Waals surface area contributed by atoms with Gasteiger partial charge in [0.25, 0.3) is 0 Å². The molecule has 0 spiro atoms. The average molecular weight is 260 g/mol. The molecule has 0 aliphatic carbocycles. The Morgan fingerprint density at radius 2 is 2.00 bits per heavy atom. The van der Waals surface area contributed by atoms with Crippen LogP contribution in [0.15, 0.2) is 30.3 Å². The number of hydrogen-bond donors (Lipinski definition) is 1. The molecule has 0 radical (unpaired) electrons. The van der Waals surface area contributed by atoms with Gasteiger partial charge in [-0.05, 0) is 56.9 Å². The van der Waals surface area contributed by atoms with Gasteiger partial charge in [-0.25, -0.2) is 0 Å². The van der Waals surface area contributed by atoms with Crippen molar-refractivity contribution in [1.29, 1.82) is 0 Å². The van der Waals surface area contributed by atoms with E-state index in [1.165, 1.54) is 57.4 Å². The number of likely N-dealkylation sites (tertiary alicyclic amines) is 1. The summed E-state index contributed by atoms with van der Waals surface area (Å²) in [7, 11) is 0. The third kappa shape index (κ3) is 4.96. The van der Waals surface area contributed by atoms with Gasteiger partial charge in [0.1, 0.15) is 0 Å². The summed E-state index contributed by atoms with van der Waals surface area (Å²) in [4.78, 5) is 2.64. The zero-order chi connectivity index (χ0) is 13.3. The Morgan fingerprint density at radius 3 is 2.79 bits per heavy atom.